The van der Waals surface area contributed by atoms with Gasteiger partial charge in [-0.2, -0.15) is 0 Å². The number of nitrogens with two attached hydrogens (primary N) is 1. The minimum Gasteiger partial charge on any atom is -0.507 e. The van der Waals surface area contributed by atoms with E-state index in [1.807, 2.05) is 13.0 Å². The number of phenolic OH excluding ortho intramolecular Hbond substituents is 1. The highest BCUT2D eigenvalue weighted by atomic mass is 16.3. The number of hydrogen-bond donors (Lipinski definition) is 3. The number of nitrogens with zero attached hydrogens (tertiary/aromatic N) is 4. The molecule has 25 heavy (non-hydrogen) atoms. The van der Waals surface area contributed by atoms with E-state index in [1.165, 1.54) is 6.33 Å². The predicted molar refractivity (Wildman–Crippen MR) is 96.9 cm³/mol. The number of anilines is 1. The number of rotatable bonds is 6. The van der Waals surface area contributed by atoms with Gasteiger partial charge in [0.2, 0.25) is 0 Å². The van der Waals surface area contributed by atoms with Gasteiger partial charge in [-0.1, -0.05) is 13.0 Å². The van der Waals surface area contributed by atoms with E-state index in [2.05, 4.69) is 25.3 Å². The van der Waals surface area contributed by atoms with Crippen molar-refractivity contribution in [2.75, 3.05) is 11.9 Å². The fraction of sp³-hybridized carbons (Fsp3) is 0.222. The molecule has 2 heterocycles. The summed E-state index contributed by atoms with van der Waals surface area (Å²) in [6.45, 7) is 2.66. The third-order valence-electron chi connectivity index (χ3n) is 3.86. The number of hydrogen-bond acceptors (Lipinski definition) is 7. The highest BCUT2D eigenvalue weighted by Crippen LogP contribution is 2.31. The first-order valence-corrected chi connectivity index (χ1v) is 8.08. The zero-order valence-electron chi connectivity index (χ0n) is 13.9. The Balaban J connectivity index is 1.91. The molecule has 1 unspecified atom stereocenters. The van der Waals surface area contributed by atoms with Crippen molar-refractivity contribution in [2.24, 2.45) is 5.73 Å². The smallest absolute Gasteiger partial charge is 0.165 e. The van der Waals surface area contributed by atoms with Gasteiger partial charge in [-0.3, -0.25) is 0 Å². The van der Waals surface area contributed by atoms with E-state index in [0.717, 1.165) is 17.5 Å². The van der Waals surface area contributed by atoms with E-state index >= 15 is 0 Å². The van der Waals surface area contributed by atoms with Crippen molar-refractivity contribution in [3.8, 4) is 28.3 Å². The van der Waals surface area contributed by atoms with Gasteiger partial charge in [0.25, 0.3) is 0 Å². The third kappa shape index (κ3) is 4.07. The van der Waals surface area contributed by atoms with Crippen LogP contribution in [-0.4, -0.2) is 37.6 Å². The Kier molecular flexibility index (Phi) is 5.15. The van der Waals surface area contributed by atoms with Crippen LogP contribution in [0.2, 0.25) is 0 Å². The summed E-state index contributed by atoms with van der Waals surface area (Å²) in [5.41, 5.74) is 8.20. The van der Waals surface area contributed by atoms with E-state index in [1.54, 1.807) is 36.8 Å². The average Bonchev–Trinajstić information content (AvgIpc) is 2.67. The molecule has 0 amide bonds. The largest absolute Gasteiger partial charge is 0.507 e. The van der Waals surface area contributed by atoms with Crippen LogP contribution in [0.1, 0.15) is 13.3 Å². The summed E-state index contributed by atoms with van der Waals surface area (Å²) in [4.78, 5) is 16.8. The fourth-order valence-electron chi connectivity index (χ4n) is 2.31. The van der Waals surface area contributed by atoms with E-state index in [0.29, 0.717) is 23.8 Å². The van der Waals surface area contributed by atoms with Crippen LogP contribution in [0.15, 0.2) is 49.2 Å². The molecule has 3 aromatic rings. The minimum absolute atomic E-state index is 0.0632. The first kappa shape index (κ1) is 16.8. The Morgan fingerprint density at radius 3 is 2.72 bits per heavy atom. The lowest BCUT2D eigenvalue weighted by atomic mass is 10.0. The number of aromatic hydroxyl groups is 1. The Labute approximate surface area is 146 Å². The number of aromatic nitrogens is 4. The van der Waals surface area contributed by atoms with Crippen molar-refractivity contribution in [2.45, 2.75) is 19.4 Å². The molecule has 0 saturated carbocycles. The summed E-state index contributed by atoms with van der Waals surface area (Å²) in [7, 11) is 0. The third-order valence-corrected chi connectivity index (χ3v) is 3.86. The molecule has 0 radical (unpaired) electrons. The normalized spacial score (nSPS) is 11.9. The monoisotopic (exact) mass is 336 g/mol. The number of phenols is 1. The second-order valence-electron chi connectivity index (χ2n) is 5.67. The summed E-state index contributed by atoms with van der Waals surface area (Å²) in [5, 5.41) is 13.4. The molecule has 0 fully saturated rings. The van der Waals surface area contributed by atoms with Crippen LogP contribution in [0.4, 0.5) is 5.82 Å². The van der Waals surface area contributed by atoms with Gasteiger partial charge in [0.15, 0.2) is 5.82 Å². The van der Waals surface area contributed by atoms with Gasteiger partial charge >= 0.3 is 0 Å². The molecular formula is C18H20N6O. The van der Waals surface area contributed by atoms with Gasteiger partial charge in [-0.15, -0.1) is 0 Å². The molecule has 0 aliphatic rings. The first-order valence-electron chi connectivity index (χ1n) is 8.08. The van der Waals surface area contributed by atoms with Gasteiger partial charge in [0.1, 0.15) is 17.9 Å². The lowest BCUT2D eigenvalue weighted by molar-refractivity contribution is 0.477. The molecule has 0 aliphatic heterocycles. The van der Waals surface area contributed by atoms with Crippen LogP contribution in [0.3, 0.4) is 0 Å². The molecule has 128 valence electrons. The molecule has 7 heteroatoms. The maximum absolute atomic E-state index is 10.2. The number of nitrogens with one attached hydrogen (secondary N) is 1. The van der Waals surface area contributed by atoms with Crippen molar-refractivity contribution in [1.29, 1.82) is 0 Å². The van der Waals surface area contributed by atoms with Crippen molar-refractivity contribution < 1.29 is 5.11 Å². The van der Waals surface area contributed by atoms with Crippen LogP contribution in [0, 0.1) is 0 Å². The van der Waals surface area contributed by atoms with Gasteiger partial charge in [0, 0.05) is 36.7 Å². The minimum atomic E-state index is 0.0632. The van der Waals surface area contributed by atoms with E-state index in [-0.39, 0.29) is 11.8 Å². The Bertz CT molecular complexity index is 840. The van der Waals surface area contributed by atoms with Crippen LogP contribution in [-0.2, 0) is 0 Å². The summed E-state index contributed by atoms with van der Waals surface area (Å²) in [6.07, 6.45) is 7.44. The van der Waals surface area contributed by atoms with Crippen LogP contribution >= 0.6 is 0 Å². The Hall–Kier alpha value is -3.06. The fourth-order valence-corrected chi connectivity index (χ4v) is 2.31. The predicted octanol–water partition coefficient (Wildman–Crippen LogP) is 2.46. The van der Waals surface area contributed by atoms with Crippen LogP contribution in [0.25, 0.3) is 22.5 Å². The summed E-state index contributed by atoms with van der Waals surface area (Å²) >= 11 is 0. The molecule has 0 spiro atoms. The molecule has 1 aromatic carbocycles. The highest BCUT2D eigenvalue weighted by Gasteiger charge is 2.11. The quantitative estimate of drug-likeness (QED) is 0.634. The van der Waals surface area contributed by atoms with Crippen LogP contribution < -0.4 is 11.1 Å². The second kappa shape index (κ2) is 7.67. The topological polar surface area (TPSA) is 110 Å². The summed E-state index contributed by atoms with van der Waals surface area (Å²) < 4.78 is 0. The molecule has 0 aliphatic carbocycles. The van der Waals surface area contributed by atoms with Gasteiger partial charge in [-0.05, 0) is 30.2 Å². The molecular weight excluding hydrogens is 316 g/mol. The van der Waals surface area contributed by atoms with Crippen LogP contribution in [0.5, 0.6) is 5.75 Å². The van der Waals surface area contributed by atoms with Crippen molar-refractivity contribution in [3.05, 3.63) is 49.2 Å². The van der Waals surface area contributed by atoms with E-state index < -0.39 is 0 Å². The van der Waals surface area contributed by atoms with Gasteiger partial charge in [0.05, 0.1) is 5.56 Å². The lowest BCUT2D eigenvalue weighted by Gasteiger charge is -2.12. The van der Waals surface area contributed by atoms with E-state index in [9.17, 15) is 5.11 Å². The molecule has 1 atom stereocenters. The van der Waals surface area contributed by atoms with Crippen molar-refractivity contribution >= 4 is 5.82 Å². The lowest BCUT2D eigenvalue weighted by Crippen LogP contribution is -2.28. The second-order valence-corrected chi connectivity index (χ2v) is 5.67. The molecule has 0 saturated heterocycles. The average molecular weight is 336 g/mol. The zero-order valence-corrected chi connectivity index (χ0v) is 13.9. The molecule has 7 nitrogen and oxygen atoms in total. The molecule has 0 bridgehead atoms. The Morgan fingerprint density at radius 2 is 1.96 bits per heavy atom. The summed E-state index contributed by atoms with van der Waals surface area (Å²) in [5.74, 6) is 1.22. The zero-order chi connectivity index (χ0) is 17.6. The first-order chi connectivity index (χ1) is 12.2. The SMILES string of the molecule is CCC(N)CNc1ccnc(-c2cc(-c3cncnc3)ccc2O)n1. The van der Waals surface area contributed by atoms with Crippen molar-refractivity contribution in [1.82, 2.24) is 19.9 Å². The molecule has 2 aromatic heterocycles. The number of benzene rings is 1. The maximum Gasteiger partial charge on any atom is 0.165 e. The maximum atomic E-state index is 10.2. The summed E-state index contributed by atoms with van der Waals surface area (Å²) in [6, 6.07) is 7.09. The van der Waals surface area contributed by atoms with E-state index in [4.69, 9.17) is 5.73 Å². The standard InChI is InChI=1S/C18H20N6O/c1-2-14(19)10-23-17-5-6-22-18(24-17)15-7-12(3-4-16(15)25)13-8-20-11-21-9-13/h3-9,11,14,25H,2,10,19H2,1H3,(H,22,23,24). The van der Waals surface area contributed by atoms with Crippen molar-refractivity contribution in [3.63, 3.8) is 0 Å². The molecule has 3 rings (SSSR count). The molecule has 4 N–H and O–H groups in total. The van der Waals surface area contributed by atoms with Gasteiger partial charge in [-0.25, -0.2) is 19.9 Å². The highest BCUT2D eigenvalue weighted by molar-refractivity contribution is 5.74. The van der Waals surface area contributed by atoms with Gasteiger partial charge < -0.3 is 16.2 Å². The Morgan fingerprint density at radius 1 is 1.16 bits per heavy atom.